The highest BCUT2D eigenvalue weighted by Crippen LogP contribution is 2.09. The van der Waals surface area contributed by atoms with E-state index in [-0.39, 0.29) is 12.5 Å². The second kappa shape index (κ2) is 14.5. The third kappa shape index (κ3) is 12.1. The third-order valence-electron chi connectivity index (χ3n) is 3.33. The van der Waals surface area contributed by atoms with Gasteiger partial charge in [-0.2, -0.15) is 0 Å². The van der Waals surface area contributed by atoms with E-state index in [2.05, 4.69) is 5.32 Å². The summed E-state index contributed by atoms with van der Waals surface area (Å²) in [5, 5.41) is 11.4. The molecule has 20 heavy (non-hydrogen) atoms. The molecule has 1 atom stereocenters. The predicted octanol–water partition coefficient (Wildman–Crippen LogP) is 1.52. The number of carbonyl (C=O) groups is 2. The molecule has 1 amide bonds. The van der Waals surface area contributed by atoms with Crippen molar-refractivity contribution in [2.24, 2.45) is 5.73 Å². The van der Waals surface area contributed by atoms with Crippen LogP contribution in [0.4, 0.5) is 0 Å². The van der Waals surface area contributed by atoms with Crippen LogP contribution in [0.1, 0.15) is 64.2 Å². The highest BCUT2D eigenvalue weighted by molar-refractivity contribution is 5.81. The highest BCUT2D eigenvalue weighted by atomic mass is 16.3. The van der Waals surface area contributed by atoms with Crippen LogP contribution in [0.15, 0.2) is 0 Å². The van der Waals surface area contributed by atoms with Crippen molar-refractivity contribution < 1.29 is 14.7 Å². The van der Waals surface area contributed by atoms with Crippen LogP contribution in [0.5, 0.6) is 0 Å². The van der Waals surface area contributed by atoms with E-state index in [1.165, 1.54) is 32.1 Å². The van der Waals surface area contributed by atoms with Gasteiger partial charge in [0.2, 0.25) is 5.91 Å². The van der Waals surface area contributed by atoms with Gasteiger partial charge in [-0.15, -0.1) is 0 Å². The number of aliphatic hydroxyl groups excluding tert-OH is 1. The van der Waals surface area contributed by atoms with Gasteiger partial charge < -0.3 is 21.0 Å². The van der Waals surface area contributed by atoms with Crippen LogP contribution >= 0.6 is 0 Å². The average Bonchev–Trinajstić information content (AvgIpc) is 2.47. The molecule has 0 radical (unpaired) electrons. The first kappa shape index (κ1) is 19.1. The molecule has 0 aromatic carbocycles. The fourth-order valence-corrected chi connectivity index (χ4v) is 2.02. The van der Waals surface area contributed by atoms with Gasteiger partial charge in [0.1, 0.15) is 12.3 Å². The molecule has 5 nitrogen and oxygen atoms in total. The Labute approximate surface area is 122 Å². The molecule has 0 fully saturated rings. The fourth-order valence-electron chi connectivity index (χ4n) is 2.02. The van der Waals surface area contributed by atoms with E-state index in [0.717, 1.165) is 32.0 Å². The number of amides is 1. The van der Waals surface area contributed by atoms with Gasteiger partial charge in [0, 0.05) is 13.0 Å². The summed E-state index contributed by atoms with van der Waals surface area (Å²) < 4.78 is 0. The second-order valence-corrected chi connectivity index (χ2v) is 5.22. The lowest BCUT2D eigenvalue weighted by molar-refractivity contribution is -0.123. The first-order valence-corrected chi connectivity index (χ1v) is 7.80. The van der Waals surface area contributed by atoms with Gasteiger partial charge in [0.25, 0.3) is 0 Å². The van der Waals surface area contributed by atoms with Crippen molar-refractivity contribution in [1.82, 2.24) is 5.32 Å². The smallest absolute Gasteiger partial charge is 0.239 e. The Kier molecular flexibility index (Phi) is 13.8. The van der Waals surface area contributed by atoms with Gasteiger partial charge in [-0.25, -0.2) is 0 Å². The molecule has 0 aliphatic rings. The number of aldehydes is 1. The summed E-state index contributed by atoms with van der Waals surface area (Å²) in [5.74, 6) is -0.275. The summed E-state index contributed by atoms with van der Waals surface area (Å²) in [7, 11) is 0. The first-order chi connectivity index (χ1) is 9.72. The molecule has 0 bridgehead atoms. The van der Waals surface area contributed by atoms with Crippen molar-refractivity contribution in [3.8, 4) is 0 Å². The minimum absolute atomic E-state index is 0.275. The zero-order chi connectivity index (χ0) is 15.1. The van der Waals surface area contributed by atoms with E-state index in [0.29, 0.717) is 13.0 Å². The Balaban J connectivity index is 3.13. The zero-order valence-electron chi connectivity index (χ0n) is 12.5. The summed E-state index contributed by atoms with van der Waals surface area (Å²) in [6.07, 6.45) is 12.1. The van der Waals surface area contributed by atoms with E-state index >= 15 is 0 Å². The number of carbonyl (C=O) groups excluding carboxylic acids is 2. The number of nitrogens with one attached hydrogen (secondary N) is 1. The number of unbranched alkanes of at least 4 members (excludes halogenated alkanes) is 9. The molecule has 0 unspecified atom stereocenters. The lowest BCUT2D eigenvalue weighted by atomic mass is 10.1. The van der Waals surface area contributed by atoms with Crippen LogP contribution in [-0.2, 0) is 9.59 Å². The van der Waals surface area contributed by atoms with Gasteiger partial charge in [0.05, 0.1) is 6.61 Å². The van der Waals surface area contributed by atoms with Crippen LogP contribution in [-0.4, -0.2) is 36.5 Å². The Morgan fingerprint density at radius 3 is 2.00 bits per heavy atom. The van der Waals surface area contributed by atoms with E-state index in [4.69, 9.17) is 10.8 Å². The largest absolute Gasteiger partial charge is 0.394 e. The molecule has 0 spiro atoms. The molecule has 0 aromatic rings. The van der Waals surface area contributed by atoms with Crippen molar-refractivity contribution >= 4 is 12.2 Å². The molecule has 0 aromatic heterocycles. The lowest BCUT2D eigenvalue weighted by Crippen LogP contribution is -2.43. The molecular formula is C15H30N2O3. The maximum atomic E-state index is 11.2. The summed E-state index contributed by atoms with van der Waals surface area (Å²) in [5.41, 5.74) is 5.37. The molecule has 0 saturated heterocycles. The Hall–Kier alpha value is -0.940. The summed E-state index contributed by atoms with van der Waals surface area (Å²) in [6.45, 7) is 0.330. The first-order valence-electron chi connectivity index (χ1n) is 7.80. The fraction of sp³-hybridized carbons (Fsp3) is 0.867. The van der Waals surface area contributed by atoms with Crippen molar-refractivity contribution in [3.05, 3.63) is 0 Å². The van der Waals surface area contributed by atoms with E-state index in [1.54, 1.807) is 0 Å². The molecule has 0 rings (SSSR count). The predicted molar refractivity (Wildman–Crippen MR) is 80.3 cm³/mol. The molecule has 0 saturated carbocycles. The zero-order valence-corrected chi connectivity index (χ0v) is 12.5. The monoisotopic (exact) mass is 286 g/mol. The Morgan fingerprint density at radius 1 is 1.00 bits per heavy atom. The van der Waals surface area contributed by atoms with Gasteiger partial charge in [-0.05, 0) is 12.8 Å². The summed E-state index contributed by atoms with van der Waals surface area (Å²) in [4.78, 5) is 21.4. The van der Waals surface area contributed by atoms with Crippen molar-refractivity contribution in [3.63, 3.8) is 0 Å². The third-order valence-corrected chi connectivity index (χ3v) is 3.33. The Bertz CT molecular complexity index is 247. The maximum absolute atomic E-state index is 11.2. The number of hydrogen-bond donors (Lipinski definition) is 3. The number of aliphatic hydroxyl groups is 1. The summed E-state index contributed by atoms with van der Waals surface area (Å²) >= 11 is 0. The molecule has 0 aliphatic carbocycles. The standard InChI is InChI=1S/C15H30N2O3/c16-14(13-19)15(20)17-11-9-7-5-3-1-2-4-6-8-10-12-18/h12,14,19H,1-11,13,16H2,(H,17,20)/t14-/m0/s1. The van der Waals surface area contributed by atoms with E-state index < -0.39 is 6.04 Å². The quantitative estimate of drug-likeness (QED) is 0.333. The van der Waals surface area contributed by atoms with E-state index in [1.807, 2.05) is 0 Å². The van der Waals surface area contributed by atoms with Gasteiger partial charge >= 0.3 is 0 Å². The topological polar surface area (TPSA) is 92.4 Å². The molecule has 5 heteroatoms. The van der Waals surface area contributed by atoms with Crippen LogP contribution in [0, 0.1) is 0 Å². The highest BCUT2D eigenvalue weighted by Gasteiger charge is 2.09. The van der Waals surface area contributed by atoms with Gasteiger partial charge in [0.15, 0.2) is 0 Å². The molecule has 0 heterocycles. The summed E-state index contributed by atoms with van der Waals surface area (Å²) in [6, 6.07) is -0.797. The average molecular weight is 286 g/mol. The Morgan fingerprint density at radius 2 is 1.50 bits per heavy atom. The SMILES string of the molecule is N[C@@H](CO)C(=O)NCCCCCCCCCCCC=O. The maximum Gasteiger partial charge on any atom is 0.239 e. The number of nitrogens with two attached hydrogens (primary N) is 1. The number of hydrogen-bond acceptors (Lipinski definition) is 4. The van der Waals surface area contributed by atoms with Crippen LogP contribution in [0.25, 0.3) is 0 Å². The van der Waals surface area contributed by atoms with Crippen LogP contribution in [0.2, 0.25) is 0 Å². The van der Waals surface area contributed by atoms with Gasteiger partial charge in [-0.1, -0.05) is 44.9 Å². The minimum atomic E-state index is -0.797. The lowest BCUT2D eigenvalue weighted by Gasteiger charge is -2.09. The van der Waals surface area contributed by atoms with Crippen molar-refractivity contribution in [1.29, 1.82) is 0 Å². The minimum Gasteiger partial charge on any atom is -0.394 e. The normalized spacial score (nSPS) is 12.1. The molecule has 4 N–H and O–H groups in total. The molecule has 118 valence electrons. The van der Waals surface area contributed by atoms with Crippen molar-refractivity contribution in [2.45, 2.75) is 70.3 Å². The van der Waals surface area contributed by atoms with Crippen LogP contribution in [0.3, 0.4) is 0 Å². The molecular weight excluding hydrogens is 256 g/mol. The van der Waals surface area contributed by atoms with E-state index in [9.17, 15) is 9.59 Å². The van der Waals surface area contributed by atoms with Crippen LogP contribution < -0.4 is 11.1 Å². The number of rotatable bonds is 14. The van der Waals surface area contributed by atoms with Gasteiger partial charge in [-0.3, -0.25) is 4.79 Å². The van der Waals surface area contributed by atoms with Crippen molar-refractivity contribution in [2.75, 3.05) is 13.2 Å². The second-order valence-electron chi connectivity index (χ2n) is 5.22. The molecule has 0 aliphatic heterocycles.